The van der Waals surface area contributed by atoms with Crippen molar-refractivity contribution >= 4 is 33.9 Å². The lowest BCUT2D eigenvalue weighted by Gasteiger charge is -2.30. The van der Waals surface area contributed by atoms with Gasteiger partial charge in [0.2, 0.25) is 5.91 Å². The van der Waals surface area contributed by atoms with Crippen molar-refractivity contribution < 1.29 is 14.3 Å². The molecule has 0 spiro atoms. The van der Waals surface area contributed by atoms with Gasteiger partial charge in [-0.25, -0.2) is 9.97 Å². The smallest absolute Gasteiger partial charge is 0.254 e. The summed E-state index contributed by atoms with van der Waals surface area (Å²) < 4.78 is 10.2. The molecule has 4 aromatic rings. The molecule has 7 rings (SSSR count). The number of rotatable bonds is 3. The van der Waals surface area contributed by atoms with E-state index in [2.05, 4.69) is 34.3 Å². The molecule has 0 unspecified atom stereocenters. The summed E-state index contributed by atoms with van der Waals surface area (Å²) in [5.41, 5.74) is 11.1. The first-order valence-corrected chi connectivity index (χ1v) is 16.2. The van der Waals surface area contributed by atoms with Gasteiger partial charge in [-0.3, -0.25) is 9.59 Å². The van der Waals surface area contributed by atoms with E-state index >= 15 is 0 Å². The van der Waals surface area contributed by atoms with Gasteiger partial charge in [-0.1, -0.05) is 19.3 Å². The van der Waals surface area contributed by atoms with E-state index in [4.69, 9.17) is 20.4 Å². The number of piperidine rings is 1. The minimum Gasteiger partial charge on any atom is -0.494 e. The number of nitrogens with two attached hydrogens (primary N) is 1. The van der Waals surface area contributed by atoms with E-state index in [-0.39, 0.29) is 29.8 Å². The van der Waals surface area contributed by atoms with Gasteiger partial charge in [-0.2, -0.15) is 0 Å². The summed E-state index contributed by atoms with van der Waals surface area (Å²) in [5.74, 6) is 1.82. The summed E-state index contributed by atoms with van der Waals surface area (Å²) in [5, 5.41) is 1.05. The highest BCUT2D eigenvalue weighted by Crippen LogP contribution is 2.36. The van der Waals surface area contributed by atoms with Crippen LogP contribution in [0, 0.1) is 5.92 Å². The Labute approximate surface area is 258 Å². The molecule has 232 valence electrons. The molecule has 3 aliphatic heterocycles. The van der Waals surface area contributed by atoms with Gasteiger partial charge in [-0.05, 0) is 69.4 Å². The monoisotopic (exact) mass is 597 g/mol. The van der Waals surface area contributed by atoms with Crippen LogP contribution in [0.1, 0.15) is 80.4 Å². The third-order valence-electron chi connectivity index (χ3n) is 10.1. The molecular weight excluding hydrogens is 554 g/mol. The molecule has 2 saturated heterocycles. The molecule has 4 bridgehead atoms. The van der Waals surface area contributed by atoms with Crippen LogP contribution < -0.4 is 10.5 Å². The number of aromatic nitrogens is 4. The number of fused-ring (bicyclic) bond motifs is 4. The second kappa shape index (κ2) is 11.5. The largest absolute Gasteiger partial charge is 0.494 e. The minimum absolute atomic E-state index is 0.00871. The molecule has 2 amide bonds. The fourth-order valence-corrected chi connectivity index (χ4v) is 7.57. The molecule has 1 aromatic carbocycles. The normalized spacial score (nSPS) is 23.1. The van der Waals surface area contributed by atoms with E-state index in [1.165, 1.54) is 0 Å². The highest BCUT2D eigenvalue weighted by atomic mass is 16.5. The van der Waals surface area contributed by atoms with Crippen molar-refractivity contribution in [2.45, 2.75) is 76.9 Å². The Morgan fingerprint density at radius 2 is 1.82 bits per heavy atom. The first-order chi connectivity index (χ1) is 21.3. The summed E-state index contributed by atoms with van der Waals surface area (Å²) >= 11 is 0. The maximum Gasteiger partial charge on any atom is 0.254 e. The van der Waals surface area contributed by atoms with Crippen molar-refractivity contribution in [2.24, 2.45) is 18.7 Å². The Kier molecular flexibility index (Phi) is 7.56. The van der Waals surface area contributed by atoms with Crippen molar-refractivity contribution in [3.05, 3.63) is 41.6 Å². The van der Waals surface area contributed by atoms with Crippen molar-refractivity contribution in [1.82, 2.24) is 28.9 Å². The van der Waals surface area contributed by atoms with Crippen LogP contribution in [0.25, 0.3) is 33.6 Å². The molecule has 2 N–H and O–H groups in total. The van der Waals surface area contributed by atoms with Crippen molar-refractivity contribution in [2.75, 3.05) is 26.7 Å². The third kappa shape index (κ3) is 4.93. The van der Waals surface area contributed by atoms with Crippen LogP contribution in [0.2, 0.25) is 0 Å². The van der Waals surface area contributed by atoms with Crippen molar-refractivity contribution in [1.29, 1.82) is 0 Å². The first-order valence-electron chi connectivity index (χ1n) is 16.2. The Morgan fingerprint density at radius 3 is 2.64 bits per heavy atom. The zero-order valence-electron chi connectivity index (χ0n) is 26.1. The number of aryl methyl sites for hydroxylation is 2. The van der Waals surface area contributed by atoms with Crippen molar-refractivity contribution in [3.63, 3.8) is 0 Å². The topological polar surface area (TPSA) is 112 Å². The van der Waals surface area contributed by atoms with Crippen LogP contribution in [0.15, 0.2) is 30.3 Å². The lowest BCUT2D eigenvalue weighted by Crippen LogP contribution is -2.45. The number of carbonyl (C=O) groups excluding carboxylic acids is 2. The quantitative estimate of drug-likeness (QED) is 0.354. The van der Waals surface area contributed by atoms with E-state index in [9.17, 15) is 9.59 Å². The van der Waals surface area contributed by atoms with E-state index < -0.39 is 0 Å². The number of amides is 2. The lowest BCUT2D eigenvalue weighted by atomic mass is 9.99. The van der Waals surface area contributed by atoms with Crippen LogP contribution in [0.4, 0.5) is 0 Å². The SMILES string of the molecule is COc1cc(C(=O)N2CCC[C@@H](N)C2)cc2nc(-c3cc4ccc5nc4n3CCCCCC[C@@H]3CCN(C3=O)[C@@H]5C)n(C)c12. The Bertz CT molecular complexity index is 1740. The van der Waals surface area contributed by atoms with Crippen LogP contribution in [0.3, 0.4) is 0 Å². The fourth-order valence-electron chi connectivity index (χ4n) is 7.57. The highest BCUT2D eigenvalue weighted by molar-refractivity contribution is 6.00. The number of pyridine rings is 1. The number of carbonyl (C=O) groups is 2. The van der Waals surface area contributed by atoms with Crippen LogP contribution in [-0.4, -0.2) is 73.5 Å². The van der Waals surface area contributed by atoms with Gasteiger partial charge >= 0.3 is 0 Å². The van der Waals surface area contributed by atoms with Crippen LogP contribution in [0.5, 0.6) is 5.75 Å². The zero-order valence-corrected chi connectivity index (χ0v) is 26.1. The second-order valence-electron chi connectivity index (χ2n) is 12.9. The fraction of sp³-hybridized carbons (Fsp3) is 0.529. The molecule has 3 aromatic heterocycles. The molecule has 6 heterocycles. The van der Waals surface area contributed by atoms with E-state index in [1.807, 2.05) is 29.0 Å². The van der Waals surface area contributed by atoms with E-state index in [0.29, 0.717) is 24.4 Å². The first kappa shape index (κ1) is 28.8. The summed E-state index contributed by atoms with van der Waals surface area (Å²) in [6, 6.07) is 10.0. The number of ether oxygens (including phenoxy) is 1. The predicted octanol–water partition coefficient (Wildman–Crippen LogP) is 5.04. The molecule has 10 heteroatoms. The lowest BCUT2D eigenvalue weighted by molar-refractivity contribution is -0.133. The third-order valence-corrected chi connectivity index (χ3v) is 10.1. The number of benzene rings is 1. The average Bonchev–Trinajstić information content (AvgIpc) is 3.69. The second-order valence-corrected chi connectivity index (χ2v) is 12.9. The van der Waals surface area contributed by atoms with E-state index in [0.717, 1.165) is 104 Å². The molecule has 44 heavy (non-hydrogen) atoms. The summed E-state index contributed by atoms with van der Waals surface area (Å²) in [6.07, 6.45) is 8.10. The van der Waals surface area contributed by atoms with Gasteiger partial charge in [0.25, 0.3) is 5.91 Å². The molecule has 0 aliphatic carbocycles. The van der Waals surface area contributed by atoms with Gasteiger partial charge < -0.3 is 29.4 Å². The molecule has 10 nitrogen and oxygen atoms in total. The number of methoxy groups -OCH3 is 1. The van der Waals surface area contributed by atoms with E-state index in [1.54, 1.807) is 7.11 Å². The van der Waals surface area contributed by atoms with Gasteiger partial charge in [-0.15, -0.1) is 0 Å². The van der Waals surface area contributed by atoms with Gasteiger partial charge in [0.15, 0.2) is 5.82 Å². The molecule has 3 atom stereocenters. The minimum atomic E-state index is -0.0722. The Hall–Kier alpha value is -3.92. The molecule has 3 aliphatic rings. The summed E-state index contributed by atoms with van der Waals surface area (Å²) in [7, 11) is 3.64. The molecule has 0 radical (unpaired) electrons. The van der Waals surface area contributed by atoms with Gasteiger partial charge in [0.1, 0.15) is 16.9 Å². The number of hydrogen-bond donors (Lipinski definition) is 1. The Morgan fingerprint density at radius 1 is 0.977 bits per heavy atom. The summed E-state index contributed by atoms with van der Waals surface area (Å²) in [4.78, 5) is 40.9. The van der Waals surface area contributed by atoms with Gasteiger partial charge in [0, 0.05) is 56.1 Å². The van der Waals surface area contributed by atoms with Crippen LogP contribution >= 0.6 is 0 Å². The maximum absolute atomic E-state index is 13.5. The van der Waals surface area contributed by atoms with Crippen LogP contribution in [-0.2, 0) is 18.4 Å². The average molecular weight is 598 g/mol. The number of nitrogens with zero attached hydrogens (tertiary/aromatic N) is 6. The maximum atomic E-state index is 13.5. The Balaban J connectivity index is 1.32. The summed E-state index contributed by atoms with van der Waals surface area (Å²) in [6.45, 7) is 5.00. The highest BCUT2D eigenvalue weighted by Gasteiger charge is 2.35. The number of likely N-dealkylation sites (tertiary alicyclic amines) is 1. The van der Waals surface area contributed by atoms with Gasteiger partial charge in [0.05, 0.1) is 30.1 Å². The standard InChI is InChI=1S/C34H43N7O3/c1-21-26-12-11-23-18-28(41(31(23)36-26)15-7-5-4-6-9-22-13-16-40(21)34(22)43)32-37-27-17-24(19-29(44-3)30(27)38(32)2)33(42)39-14-8-10-25(35)20-39/h11-12,17-19,21-22,25H,4-10,13-16,20,35H2,1-3H3/t21-,22-,25-/m1/s1. The molecule has 2 fully saturated rings. The molecule has 0 saturated carbocycles. The number of imidazole rings is 1. The zero-order chi connectivity index (χ0) is 30.5. The molecular formula is C34H43N7O3. The predicted molar refractivity (Wildman–Crippen MR) is 170 cm³/mol. The number of hydrogen-bond acceptors (Lipinski definition) is 6. The van der Waals surface area contributed by atoms with Crippen molar-refractivity contribution in [3.8, 4) is 17.3 Å².